The van der Waals surface area contributed by atoms with Crippen LogP contribution in [0, 0.1) is 6.92 Å². The van der Waals surface area contributed by atoms with Crippen molar-refractivity contribution in [1.82, 2.24) is 9.97 Å². The molecular weight excluding hydrogens is 302 g/mol. The van der Waals surface area contributed by atoms with Gasteiger partial charge in [0.25, 0.3) is 5.91 Å². The molecule has 3 aromatic rings. The van der Waals surface area contributed by atoms with E-state index in [1.165, 1.54) is 5.56 Å². The topological polar surface area (TPSA) is 64.1 Å². The lowest BCUT2D eigenvalue weighted by Crippen LogP contribution is -2.39. The molecule has 0 bridgehead atoms. The van der Waals surface area contributed by atoms with Crippen molar-refractivity contribution in [2.75, 3.05) is 11.9 Å². The fourth-order valence-corrected chi connectivity index (χ4v) is 2.79. The van der Waals surface area contributed by atoms with E-state index < -0.39 is 0 Å². The van der Waals surface area contributed by atoms with Gasteiger partial charge in [-0.1, -0.05) is 12.1 Å². The van der Waals surface area contributed by atoms with Gasteiger partial charge in [0.2, 0.25) is 0 Å². The number of carbonyl (C=O) groups excluding carboxylic acids is 1. The molecule has 5 heteroatoms. The highest BCUT2D eigenvalue weighted by molar-refractivity contribution is 5.96. The minimum absolute atomic E-state index is 0.129. The van der Waals surface area contributed by atoms with E-state index in [-0.39, 0.29) is 12.0 Å². The Balaban J connectivity index is 1.63. The number of nitrogens with zero attached hydrogens (tertiary/aromatic N) is 2. The molecule has 4 rings (SSSR count). The number of hydrogen-bond donors (Lipinski definition) is 1. The molecule has 0 spiro atoms. The van der Waals surface area contributed by atoms with E-state index in [2.05, 4.69) is 34.3 Å². The molecule has 2 aromatic heterocycles. The third-order valence-corrected chi connectivity index (χ3v) is 4.31. The molecule has 1 aromatic carbocycles. The van der Waals surface area contributed by atoms with Gasteiger partial charge in [-0.25, -0.2) is 4.98 Å². The number of carbonyl (C=O) groups is 1. The molecule has 1 atom stereocenters. The summed E-state index contributed by atoms with van der Waals surface area (Å²) in [5.41, 5.74) is 3.40. The monoisotopic (exact) mass is 319 g/mol. The standard InChI is InChI=1S/C19H17N3O2/c1-12-4-6-20-11-16(12)14-3-2-13-9-18(21-10-15(13)8-14)22-19(23)17-5-7-24-17/h2-4,6,8-11,17H,5,7H2,1H3,(H,21,22,23)/t17-/m0/s1. The first kappa shape index (κ1) is 14.8. The maximum atomic E-state index is 11.9. The van der Waals surface area contributed by atoms with E-state index in [1.54, 1.807) is 12.4 Å². The third-order valence-electron chi connectivity index (χ3n) is 4.31. The molecule has 1 fully saturated rings. The Morgan fingerprint density at radius 1 is 1.21 bits per heavy atom. The molecule has 3 heterocycles. The first-order chi connectivity index (χ1) is 11.7. The van der Waals surface area contributed by atoms with Gasteiger partial charge in [0.1, 0.15) is 11.9 Å². The number of amides is 1. The number of fused-ring (bicyclic) bond motifs is 1. The second-order valence-corrected chi connectivity index (χ2v) is 5.96. The van der Waals surface area contributed by atoms with Crippen LogP contribution in [0.2, 0.25) is 0 Å². The van der Waals surface area contributed by atoms with E-state index in [4.69, 9.17) is 4.74 Å². The van der Waals surface area contributed by atoms with Crippen LogP contribution in [0.3, 0.4) is 0 Å². The van der Waals surface area contributed by atoms with Crippen LogP contribution < -0.4 is 5.32 Å². The van der Waals surface area contributed by atoms with E-state index in [0.29, 0.717) is 12.4 Å². The largest absolute Gasteiger partial charge is 0.368 e. The van der Waals surface area contributed by atoms with Crippen LogP contribution in [0.5, 0.6) is 0 Å². The molecule has 24 heavy (non-hydrogen) atoms. The quantitative estimate of drug-likeness (QED) is 0.804. The molecule has 1 aliphatic rings. The van der Waals surface area contributed by atoms with Gasteiger partial charge in [-0.2, -0.15) is 0 Å². The average molecular weight is 319 g/mol. The van der Waals surface area contributed by atoms with Gasteiger partial charge in [0.05, 0.1) is 6.61 Å². The third kappa shape index (κ3) is 2.74. The Morgan fingerprint density at radius 2 is 2.08 bits per heavy atom. The van der Waals surface area contributed by atoms with Crippen LogP contribution in [-0.4, -0.2) is 28.6 Å². The van der Waals surface area contributed by atoms with Crippen LogP contribution in [0.4, 0.5) is 5.82 Å². The lowest BCUT2D eigenvalue weighted by molar-refractivity contribution is -0.139. The number of anilines is 1. The molecular formula is C19H17N3O2. The van der Waals surface area contributed by atoms with Crippen LogP contribution in [0.25, 0.3) is 21.9 Å². The highest BCUT2D eigenvalue weighted by Crippen LogP contribution is 2.27. The molecule has 0 unspecified atom stereocenters. The summed E-state index contributed by atoms with van der Waals surface area (Å²) in [6.07, 6.45) is 5.88. The number of rotatable bonds is 3. The summed E-state index contributed by atoms with van der Waals surface area (Å²) in [5.74, 6) is 0.420. The summed E-state index contributed by atoms with van der Waals surface area (Å²) in [4.78, 5) is 20.5. The van der Waals surface area contributed by atoms with Crippen molar-refractivity contribution in [3.8, 4) is 11.1 Å². The van der Waals surface area contributed by atoms with Gasteiger partial charge < -0.3 is 10.1 Å². The average Bonchev–Trinajstić information content (AvgIpc) is 2.53. The summed E-state index contributed by atoms with van der Waals surface area (Å²) in [6, 6.07) is 10.1. The molecule has 5 nitrogen and oxygen atoms in total. The van der Waals surface area contributed by atoms with Crippen molar-refractivity contribution in [1.29, 1.82) is 0 Å². The second kappa shape index (κ2) is 6.02. The number of hydrogen-bond acceptors (Lipinski definition) is 4. The zero-order chi connectivity index (χ0) is 16.5. The first-order valence-corrected chi connectivity index (χ1v) is 7.94. The Morgan fingerprint density at radius 3 is 2.83 bits per heavy atom. The Labute approximate surface area is 139 Å². The minimum Gasteiger partial charge on any atom is -0.368 e. The zero-order valence-electron chi connectivity index (χ0n) is 13.3. The van der Waals surface area contributed by atoms with Gasteiger partial charge in [-0.15, -0.1) is 0 Å². The Kier molecular flexibility index (Phi) is 3.70. The number of nitrogens with one attached hydrogen (secondary N) is 1. The summed E-state index contributed by atoms with van der Waals surface area (Å²) in [5, 5.41) is 4.86. The van der Waals surface area contributed by atoms with Crippen LogP contribution in [0.1, 0.15) is 12.0 Å². The van der Waals surface area contributed by atoms with Gasteiger partial charge in [-0.3, -0.25) is 9.78 Å². The van der Waals surface area contributed by atoms with Crippen molar-refractivity contribution in [3.05, 3.63) is 54.5 Å². The number of pyridine rings is 2. The van der Waals surface area contributed by atoms with Crippen molar-refractivity contribution in [3.63, 3.8) is 0 Å². The lowest BCUT2D eigenvalue weighted by Gasteiger charge is -2.24. The SMILES string of the molecule is Cc1ccncc1-c1ccc2cc(NC(=O)[C@@H]3CCO3)ncc2c1. The molecule has 0 saturated carbocycles. The molecule has 0 radical (unpaired) electrons. The van der Waals surface area contributed by atoms with Crippen LogP contribution >= 0.6 is 0 Å². The van der Waals surface area contributed by atoms with Crippen molar-refractivity contribution >= 4 is 22.5 Å². The van der Waals surface area contributed by atoms with E-state index in [9.17, 15) is 4.79 Å². The van der Waals surface area contributed by atoms with Crippen LogP contribution in [-0.2, 0) is 9.53 Å². The molecule has 120 valence electrons. The predicted octanol–water partition coefficient (Wildman–Crippen LogP) is 3.33. The molecule has 1 amide bonds. The van der Waals surface area contributed by atoms with Gasteiger partial charge in [-0.05, 0) is 41.6 Å². The van der Waals surface area contributed by atoms with Crippen LogP contribution in [0.15, 0.2) is 48.9 Å². The fraction of sp³-hybridized carbons (Fsp3) is 0.211. The predicted molar refractivity (Wildman–Crippen MR) is 92.7 cm³/mol. The summed E-state index contributed by atoms with van der Waals surface area (Å²) in [6.45, 7) is 2.72. The van der Waals surface area contributed by atoms with Crippen molar-refractivity contribution in [2.45, 2.75) is 19.4 Å². The van der Waals surface area contributed by atoms with E-state index in [0.717, 1.165) is 28.3 Å². The number of ether oxygens (including phenoxy) is 1. The number of aromatic nitrogens is 2. The highest BCUT2D eigenvalue weighted by atomic mass is 16.5. The Bertz CT molecular complexity index is 919. The summed E-state index contributed by atoms with van der Waals surface area (Å²) < 4.78 is 5.18. The van der Waals surface area contributed by atoms with Gasteiger partial charge >= 0.3 is 0 Å². The number of benzene rings is 1. The summed E-state index contributed by atoms with van der Waals surface area (Å²) in [7, 11) is 0. The molecule has 1 aliphatic heterocycles. The zero-order valence-corrected chi connectivity index (χ0v) is 13.3. The lowest BCUT2D eigenvalue weighted by atomic mass is 10.0. The number of aryl methyl sites for hydroxylation is 1. The normalized spacial score (nSPS) is 16.6. The highest BCUT2D eigenvalue weighted by Gasteiger charge is 2.26. The van der Waals surface area contributed by atoms with E-state index in [1.807, 2.05) is 24.4 Å². The van der Waals surface area contributed by atoms with Crippen molar-refractivity contribution < 1.29 is 9.53 Å². The fourth-order valence-electron chi connectivity index (χ4n) is 2.79. The minimum atomic E-state index is -0.335. The molecule has 1 N–H and O–H groups in total. The van der Waals surface area contributed by atoms with Gasteiger partial charge in [0.15, 0.2) is 0 Å². The van der Waals surface area contributed by atoms with E-state index >= 15 is 0 Å². The van der Waals surface area contributed by atoms with Gasteiger partial charge in [0, 0.05) is 36.0 Å². The smallest absolute Gasteiger partial charge is 0.254 e. The maximum absolute atomic E-state index is 11.9. The summed E-state index contributed by atoms with van der Waals surface area (Å²) >= 11 is 0. The maximum Gasteiger partial charge on any atom is 0.254 e. The second-order valence-electron chi connectivity index (χ2n) is 5.96. The molecule has 1 saturated heterocycles. The molecule has 0 aliphatic carbocycles. The Hall–Kier alpha value is -2.79. The first-order valence-electron chi connectivity index (χ1n) is 7.94. The van der Waals surface area contributed by atoms with Crippen molar-refractivity contribution in [2.24, 2.45) is 0 Å².